The number of hydrogen-bond donors (Lipinski definition) is 1. The summed E-state index contributed by atoms with van der Waals surface area (Å²) in [5.74, 6) is -0.638. The first-order valence-electron chi connectivity index (χ1n) is 5.23. The van der Waals surface area contributed by atoms with E-state index in [-0.39, 0.29) is 5.69 Å². The fourth-order valence-corrected chi connectivity index (χ4v) is 1.49. The fourth-order valence-electron chi connectivity index (χ4n) is 1.49. The first-order chi connectivity index (χ1) is 8.65. The molecular formula is C12H10FN3O2. The number of aromatic nitrogens is 1. The Morgan fingerprint density at radius 1 is 1.28 bits per heavy atom. The van der Waals surface area contributed by atoms with E-state index >= 15 is 0 Å². The molecule has 0 bridgehead atoms. The Bertz CT molecular complexity index is 561. The van der Waals surface area contributed by atoms with Gasteiger partial charge < -0.3 is 5.32 Å². The molecule has 0 amide bonds. The fraction of sp³-hybridized carbons (Fsp3) is 0.0833. The molecule has 1 N–H and O–H groups in total. The first kappa shape index (κ1) is 12.0. The Morgan fingerprint density at radius 2 is 2.00 bits per heavy atom. The minimum absolute atomic E-state index is 0.271. The van der Waals surface area contributed by atoms with E-state index in [9.17, 15) is 14.5 Å². The molecule has 5 nitrogen and oxygen atoms in total. The van der Waals surface area contributed by atoms with Crippen LogP contribution in [0.2, 0.25) is 0 Å². The summed E-state index contributed by atoms with van der Waals surface area (Å²) in [7, 11) is 0. The quantitative estimate of drug-likeness (QED) is 0.666. The SMILES string of the molecule is O=[N+]([O-])c1cc(F)cc(NCc2ccncc2)c1. The van der Waals surface area contributed by atoms with Gasteiger partial charge in [-0.2, -0.15) is 0 Å². The monoisotopic (exact) mass is 247 g/mol. The molecule has 0 radical (unpaired) electrons. The van der Waals surface area contributed by atoms with E-state index in [1.54, 1.807) is 24.5 Å². The van der Waals surface area contributed by atoms with Crippen LogP contribution in [0.5, 0.6) is 0 Å². The smallest absolute Gasteiger partial charge is 0.274 e. The Balaban J connectivity index is 2.12. The molecule has 0 atom stereocenters. The van der Waals surface area contributed by atoms with Crippen molar-refractivity contribution < 1.29 is 9.31 Å². The standard InChI is InChI=1S/C12H10FN3O2/c13-10-5-11(7-12(6-10)16(17)18)15-8-9-1-3-14-4-2-9/h1-7,15H,8H2. The molecule has 18 heavy (non-hydrogen) atoms. The van der Waals surface area contributed by atoms with Crippen molar-refractivity contribution in [1.29, 1.82) is 0 Å². The zero-order valence-corrected chi connectivity index (χ0v) is 9.34. The molecule has 0 saturated carbocycles. The van der Waals surface area contributed by atoms with Crippen LogP contribution in [-0.2, 0) is 6.54 Å². The Hall–Kier alpha value is -2.50. The van der Waals surface area contributed by atoms with Crippen LogP contribution in [-0.4, -0.2) is 9.91 Å². The first-order valence-corrected chi connectivity index (χ1v) is 5.23. The number of rotatable bonds is 4. The van der Waals surface area contributed by atoms with Crippen molar-refractivity contribution in [3.63, 3.8) is 0 Å². The number of halogens is 1. The zero-order chi connectivity index (χ0) is 13.0. The van der Waals surface area contributed by atoms with Crippen LogP contribution >= 0.6 is 0 Å². The number of hydrogen-bond acceptors (Lipinski definition) is 4. The van der Waals surface area contributed by atoms with Crippen LogP contribution in [0.3, 0.4) is 0 Å². The molecule has 0 unspecified atom stereocenters. The Morgan fingerprint density at radius 3 is 2.67 bits per heavy atom. The molecule has 1 aromatic carbocycles. The second-order valence-corrected chi connectivity index (χ2v) is 3.66. The van der Waals surface area contributed by atoms with E-state index < -0.39 is 10.7 Å². The predicted octanol–water partition coefficient (Wildman–Crippen LogP) is 2.74. The van der Waals surface area contributed by atoms with E-state index in [2.05, 4.69) is 10.3 Å². The molecule has 92 valence electrons. The summed E-state index contributed by atoms with van der Waals surface area (Å²) in [6.45, 7) is 0.448. The van der Waals surface area contributed by atoms with Crippen LogP contribution < -0.4 is 5.32 Å². The van der Waals surface area contributed by atoms with Crippen molar-refractivity contribution in [2.75, 3.05) is 5.32 Å². The summed E-state index contributed by atoms with van der Waals surface area (Å²) in [5.41, 5.74) is 1.06. The van der Waals surface area contributed by atoms with E-state index in [0.29, 0.717) is 12.2 Å². The number of nitrogens with zero attached hydrogens (tertiary/aromatic N) is 2. The lowest BCUT2D eigenvalue weighted by Gasteiger charge is -2.06. The van der Waals surface area contributed by atoms with E-state index in [1.165, 1.54) is 12.1 Å². The van der Waals surface area contributed by atoms with Gasteiger partial charge in [-0.25, -0.2) is 4.39 Å². The average molecular weight is 247 g/mol. The van der Waals surface area contributed by atoms with Crippen LogP contribution in [0, 0.1) is 15.9 Å². The molecule has 0 aliphatic carbocycles. The van der Waals surface area contributed by atoms with Gasteiger partial charge in [-0.05, 0) is 23.8 Å². The Kier molecular flexibility index (Phi) is 3.47. The second kappa shape index (κ2) is 5.22. The molecule has 2 aromatic rings. The van der Waals surface area contributed by atoms with Crippen LogP contribution in [0.25, 0.3) is 0 Å². The molecule has 0 saturated heterocycles. The number of non-ortho nitro benzene ring substituents is 1. The number of nitro benzene ring substituents is 1. The van der Waals surface area contributed by atoms with Gasteiger partial charge in [0, 0.05) is 30.7 Å². The molecular weight excluding hydrogens is 237 g/mol. The van der Waals surface area contributed by atoms with Gasteiger partial charge in [-0.1, -0.05) is 0 Å². The normalized spacial score (nSPS) is 10.1. The molecule has 2 rings (SSSR count). The van der Waals surface area contributed by atoms with Crippen molar-refractivity contribution in [3.05, 3.63) is 64.2 Å². The van der Waals surface area contributed by atoms with Crippen molar-refractivity contribution in [2.45, 2.75) is 6.54 Å². The molecule has 1 aromatic heterocycles. The van der Waals surface area contributed by atoms with E-state index in [4.69, 9.17) is 0 Å². The van der Waals surface area contributed by atoms with E-state index in [1.807, 2.05) is 0 Å². The highest BCUT2D eigenvalue weighted by molar-refractivity contribution is 5.51. The lowest BCUT2D eigenvalue weighted by atomic mass is 10.2. The zero-order valence-electron chi connectivity index (χ0n) is 9.34. The third kappa shape index (κ3) is 3.00. The topological polar surface area (TPSA) is 68.1 Å². The van der Waals surface area contributed by atoms with E-state index in [0.717, 1.165) is 11.6 Å². The van der Waals surface area contributed by atoms with Crippen molar-refractivity contribution in [1.82, 2.24) is 4.98 Å². The number of benzene rings is 1. The van der Waals surface area contributed by atoms with Crippen molar-refractivity contribution in [3.8, 4) is 0 Å². The maximum atomic E-state index is 13.2. The molecule has 1 heterocycles. The minimum Gasteiger partial charge on any atom is -0.381 e. The van der Waals surface area contributed by atoms with Crippen molar-refractivity contribution in [2.24, 2.45) is 0 Å². The molecule has 0 aliphatic rings. The third-order valence-electron chi connectivity index (χ3n) is 2.34. The molecule has 0 fully saturated rings. The van der Waals surface area contributed by atoms with Crippen LogP contribution in [0.1, 0.15) is 5.56 Å². The molecule has 0 spiro atoms. The highest BCUT2D eigenvalue weighted by Gasteiger charge is 2.09. The lowest BCUT2D eigenvalue weighted by molar-refractivity contribution is -0.385. The average Bonchev–Trinajstić information content (AvgIpc) is 2.37. The summed E-state index contributed by atoms with van der Waals surface area (Å²) >= 11 is 0. The number of nitrogens with one attached hydrogen (secondary N) is 1. The van der Waals surface area contributed by atoms with Gasteiger partial charge >= 0.3 is 0 Å². The third-order valence-corrected chi connectivity index (χ3v) is 2.34. The summed E-state index contributed by atoms with van der Waals surface area (Å²) in [6, 6.07) is 7.01. The maximum absolute atomic E-state index is 13.2. The highest BCUT2D eigenvalue weighted by atomic mass is 19.1. The summed E-state index contributed by atoms with van der Waals surface area (Å²) in [6.07, 6.45) is 3.29. The van der Waals surface area contributed by atoms with Gasteiger partial charge in [0.05, 0.1) is 11.0 Å². The maximum Gasteiger partial charge on any atom is 0.274 e. The number of anilines is 1. The van der Waals surface area contributed by atoms with Gasteiger partial charge in [0.25, 0.3) is 5.69 Å². The largest absolute Gasteiger partial charge is 0.381 e. The summed E-state index contributed by atoms with van der Waals surface area (Å²) in [4.78, 5) is 13.8. The summed E-state index contributed by atoms with van der Waals surface area (Å²) < 4.78 is 13.2. The minimum atomic E-state index is -0.638. The van der Waals surface area contributed by atoms with Gasteiger partial charge in [0.15, 0.2) is 0 Å². The second-order valence-electron chi connectivity index (χ2n) is 3.66. The molecule has 6 heteroatoms. The molecule has 0 aliphatic heterocycles. The van der Waals surface area contributed by atoms with Crippen LogP contribution in [0.15, 0.2) is 42.7 Å². The van der Waals surface area contributed by atoms with Crippen LogP contribution in [0.4, 0.5) is 15.8 Å². The van der Waals surface area contributed by atoms with Gasteiger partial charge in [0.1, 0.15) is 5.82 Å². The summed E-state index contributed by atoms with van der Waals surface area (Å²) in [5, 5.41) is 13.5. The number of nitro groups is 1. The van der Waals surface area contributed by atoms with Gasteiger partial charge in [-0.3, -0.25) is 15.1 Å². The van der Waals surface area contributed by atoms with Crippen molar-refractivity contribution >= 4 is 11.4 Å². The predicted molar refractivity (Wildman–Crippen MR) is 64.6 cm³/mol. The highest BCUT2D eigenvalue weighted by Crippen LogP contribution is 2.20. The Labute approximate surface area is 102 Å². The lowest BCUT2D eigenvalue weighted by Crippen LogP contribution is -2.00. The van der Waals surface area contributed by atoms with Gasteiger partial charge in [-0.15, -0.1) is 0 Å². The number of pyridine rings is 1. The van der Waals surface area contributed by atoms with Gasteiger partial charge in [0.2, 0.25) is 0 Å².